The smallest absolute Gasteiger partial charge is 0.216 e. The van der Waals surface area contributed by atoms with Crippen LogP contribution in [0, 0.1) is 6.54 Å². The molecule has 0 aromatic heterocycles. The maximum absolute atomic E-state index is 10.7. The maximum atomic E-state index is 10.7. The second-order valence-corrected chi connectivity index (χ2v) is 3.83. The van der Waals surface area contributed by atoms with Gasteiger partial charge in [0.2, 0.25) is 0 Å². The van der Waals surface area contributed by atoms with Crippen LogP contribution in [-0.4, -0.2) is 19.3 Å². The molecular formula is C5H11N2O2S. The van der Waals surface area contributed by atoms with Crippen LogP contribution < -0.4 is 5.14 Å². The average Bonchev–Trinajstić information content (AvgIpc) is 1.88. The first-order chi connectivity index (χ1) is 4.61. The van der Waals surface area contributed by atoms with Gasteiger partial charge in [0, 0.05) is 13.1 Å². The molecule has 4 nitrogen and oxygen atoms in total. The molecule has 1 heterocycles. The summed E-state index contributed by atoms with van der Waals surface area (Å²) in [6.45, 7) is 2.18. The lowest BCUT2D eigenvalue weighted by Crippen LogP contribution is -2.37. The van der Waals surface area contributed by atoms with Gasteiger partial charge in [-0.15, -0.1) is 0 Å². The number of hydrogen-bond donors (Lipinski definition) is 1. The van der Waals surface area contributed by atoms with E-state index in [2.05, 4.69) is 0 Å². The Balaban J connectivity index is 2.56. The van der Waals surface area contributed by atoms with Crippen molar-refractivity contribution in [2.45, 2.75) is 19.3 Å². The van der Waals surface area contributed by atoms with Crippen molar-refractivity contribution in [3.63, 3.8) is 0 Å². The first-order valence-corrected chi connectivity index (χ1v) is 4.74. The molecule has 0 bridgehead atoms. The quantitative estimate of drug-likeness (QED) is 0.583. The van der Waals surface area contributed by atoms with E-state index >= 15 is 0 Å². The average molecular weight is 163 g/mol. The summed E-state index contributed by atoms with van der Waals surface area (Å²) in [4.78, 5) is 0. The summed E-state index contributed by atoms with van der Waals surface area (Å²) in [5.41, 5.74) is 0. The van der Waals surface area contributed by atoms with Gasteiger partial charge in [-0.2, -0.15) is 12.7 Å². The zero-order chi connectivity index (χ0) is 7.61. The van der Waals surface area contributed by atoms with Gasteiger partial charge in [-0.1, -0.05) is 6.42 Å². The molecule has 59 valence electrons. The highest BCUT2D eigenvalue weighted by Gasteiger charge is 2.19. The Bertz CT molecular complexity index is 194. The molecule has 0 aromatic rings. The summed E-state index contributed by atoms with van der Waals surface area (Å²) < 4.78 is 22.5. The van der Waals surface area contributed by atoms with Crippen LogP contribution in [0.3, 0.4) is 0 Å². The van der Waals surface area contributed by atoms with Gasteiger partial charge >= 0.3 is 0 Å². The SMILES string of the molecule is NS(=O)(=O)N1[CH]CCCC1. The van der Waals surface area contributed by atoms with Crippen molar-refractivity contribution in [2.24, 2.45) is 5.14 Å². The molecule has 0 spiro atoms. The molecule has 0 aliphatic carbocycles. The first-order valence-electron chi connectivity index (χ1n) is 3.23. The summed E-state index contributed by atoms with van der Waals surface area (Å²) in [6.07, 6.45) is 2.79. The third-order valence-corrected chi connectivity index (χ3v) is 2.48. The molecule has 0 unspecified atom stereocenters. The Hall–Kier alpha value is -0.130. The highest BCUT2D eigenvalue weighted by atomic mass is 32.2. The molecule has 1 fully saturated rings. The van der Waals surface area contributed by atoms with Crippen molar-refractivity contribution in [3.05, 3.63) is 6.54 Å². The molecule has 5 heteroatoms. The van der Waals surface area contributed by atoms with E-state index in [0.717, 1.165) is 19.3 Å². The van der Waals surface area contributed by atoms with Crippen molar-refractivity contribution in [2.75, 3.05) is 6.54 Å². The van der Waals surface area contributed by atoms with E-state index in [0.29, 0.717) is 6.54 Å². The standard InChI is InChI=1S/C5H11N2O2S/c6-10(8,9)7-4-2-1-3-5-7/h4H,1-3,5H2,(H2,6,8,9). The Morgan fingerprint density at radius 1 is 1.40 bits per heavy atom. The summed E-state index contributed by atoms with van der Waals surface area (Å²) in [7, 11) is -3.45. The lowest BCUT2D eigenvalue weighted by atomic mass is 10.2. The number of nitrogens with zero attached hydrogens (tertiary/aromatic N) is 1. The molecule has 1 rings (SSSR count). The van der Waals surface area contributed by atoms with Crippen molar-refractivity contribution in [3.8, 4) is 0 Å². The van der Waals surface area contributed by atoms with Gasteiger partial charge in [0.1, 0.15) is 0 Å². The Kier molecular flexibility index (Phi) is 2.28. The fourth-order valence-corrected chi connectivity index (χ4v) is 1.67. The summed E-state index contributed by atoms with van der Waals surface area (Å²) in [6, 6.07) is 0. The molecule has 0 amide bonds. The second kappa shape index (κ2) is 2.86. The number of rotatable bonds is 1. The highest BCUT2D eigenvalue weighted by Crippen LogP contribution is 2.13. The lowest BCUT2D eigenvalue weighted by Gasteiger charge is -2.22. The highest BCUT2D eigenvalue weighted by molar-refractivity contribution is 7.86. The second-order valence-electron chi connectivity index (χ2n) is 2.33. The molecule has 1 radical (unpaired) electrons. The van der Waals surface area contributed by atoms with Crippen LogP contribution >= 0.6 is 0 Å². The van der Waals surface area contributed by atoms with Crippen LogP contribution in [0.1, 0.15) is 19.3 Å². The molecule has 0 saturated carbocycles. The molecular weight excluding hydrogens is 152 g/mol. The lowest BCUT2D eigenvalue weighted by molar-refractivity contribution is 0.401. The van der Waals surface area contributed by atoms with Gasteiger partial charge in [0.15, 0.2) is 0 Å². The third-order valence-electron chi connectivity index (χ3n) is 1.49. The molecule has 2 N–H and O–H groups in total. The van der Waals surface area contributed by atoms with E-state index < -0.39 is 10.2 Å². The van der Waals surface area contributed by atoms with Gasteiger partial charge in [-0.3, -0.25) is 0 Å². The fraction of sp³-hybridized carbons (Fsp3) is 0.800. The predicted octanol–water partition coefficient (Wildman–Crippen LogP) is -0.162. The van der Waals surface area contributed by atoms with Crippen LogP contribution in [-0.2, 0) is 10.2 Å². The molecule has 1 aliphatic rings. The minimum atomic E-state index is -3.45. The van der Waals surface area contributed by atoms with E-state index in [4.69, 9.17) is 5.14 Å². The zero-order valence-corrected chi connectivity index (χ0v) is 6.47. The van der Waals surface area contributed by atoms with Crippen LogP contribution in [0.15, 0.2) is 0 Å². The largest absolute Gasteiger partial charge is 0.277 e. The van der Waals surface area contributed by atoms with Gasteiger partial charge < -0.3 is 0 Å². The van der Waals surface area contributed by atoms with Gasteiger partial charge in [-0.25, -0.2) is 5.14 Å². The maximum Gasteiger partial charge on any atom is 0.277 e. The number of hydrogen-bond acceptors (Lipinski definition) is 2. The molecule has 1 saturated heterocycles. The number of piperidine rings is 1. The molecule has 10 heavy (non-hydrogen) atoms. The van der Waals surface area contributed by atoms with E-state index in [1.807, 2.05) is 0 Å². The first kappa shape index (κ1) is 7.97. The molecule has 0 aromatic carbocycles. The minimum Gasteiger partial charge on any atom is -0.216 e. The van der Waals surface area contributed by atoms with Crippen molar-refractivity contribution < 1.29 is 8.42 Å². The summed E-state index contributed by atoms with van der Waals surface area (Å²) in [5, 5.41) is 4.88. The van der Waals surface area contributed by atoms with Gasteiger partial charge in [-0.05, 0) is 12.8 Å². The van der Waals surface area contributed by atoms with Gasteiger partial charge in [0.25, 0.3) is 10.2 Å². The third kappa shape index (κ3) is 1.93. The van der Waals surface area contributed by atoms with E-state index in [1.54, 1.807) is 6.54 Å². The van der Waals surface area contributed by atoms with Crippen LogP contribution in [0.2, 0.25) is 0 Å². The molecule has 1 aliphatic heterocycles. The fourth-order valence-electron chi connectivity index (χ4n) is 0.970. The monoisotopic (exact) mass is 163 g/mol. The Morgan fingerprint density at radius 2 is 2.10 bits per heavy atom. The summed E-state index contributed by atoms with van der Waals surface area (Å²) in [5.74, 6) is 0. The van der Waals surface area contributed by atoms with Crippen LogP contribution in [0.5, 0.6) is 0 Å². The van der Waals surface area contributed by atoms with E-state index in [9.17, 15) is 8.42 Å². The zero-order valence-electron chi connectivity index (χ0n) is 5.66. The van der Waals surface area contributed by atoms with Crippen LogP contribution in [0.4, 0.5) is 0 Å². The Labute approximate surface area is 61.2 Å². The van der Waals surface area contributed by atoms with Gasteiger partial charge in [0.05, 0.1) is 0 Å². The topological polar surface area (TPSA) is 63.4 Å². The Morgan fingerprint density at radius 3 is 2.40 bits per heavy atom. The normalized spacial score (nSPS) is 22.9. The number of nitrogens with two attached hydrogens (primary N) is 1. The summed E-state index contributed by atoms with van der Waals surface area (Å²) >= 11 is 0. The van der Waals surface area contributed by atoms with Crippen molar-refractivity contribution in [1.82, 2.24) is 4.31 Å². The predicted molar refractivity (Wildman–Crippen MR) is 38.0 cm³/mol. The van der Waals surface area contributed by atoms with E-state index in [-0.39, 0.29) is 0 Å². The van der Waals surface area contributed by atoms with Crippen molar-refractivity contribution in [1.29, 1.82) is 0 Å². The molecule has 0 atom stereocenters. The minimum absolute atomic E-state index is 0.541. The van der Waals surface area contributed by atoms with Crippen LogP contribution in [0.25, 0.3) is 0 Å². The van der Waals surface area contributed by atoms with Crippen molar-refractivity contribution >= 4 is 10.2 Å². The van der Waals surface area contributed by atoms with E-state index in [1.165, 1.54) is 4.31 Å².